The Morgan fingerprint density at radius 1 is 0.613 bits per heavy atom. The molecular weight excluding hydrogens is 390 g/mol. The Balaban J connectivity index is 1.44. The van der Waals surface area contributed by atoms with Crippen molar-refractivity contribution < 1.29 is 14.3 Å². The number of hydrogen-bond donors (Lipinski definition) is 2. The zero-order valence-corrected chi connectivity index (χ0v) is 16.5. The monoisotopic (exact) mass is 409 g/mol. The van der Waals surface area contributed by atoms with E-state index in [4.69, 9.17) is 4.74 Å². The lowest BCUT2D eigenvalue weighted by atomic mass is 10.1. The maximum atomic E-state index is 12.7. The van der Waals surface area contributed by atoms with E-state index >= 15 is 0 Å². The van der Waals surface area contributed by atoms with E-state index < -0.39 is 0 Å². The number of aromatic nitrogens is 1. The maximum absolute atomic E-state index is 12.7. The van der Waals surface area contributed by atoms with Crippen molar-refractivity contribution in [1.82, 2.24) is 4.98 Å². The molecule has 0 fully saturated rings. The molecule has 1 aromatic heterocycles. The largest absolute Gasteiger partial charge is 0.457 e. The van der Waals surface area contributed by atoms with Crippen LogP contribution in [0.4, 0.5) is 11.4 Å². The van der Waals surface area contributed by atoms with Crippen molar-refractivity contribution in [2.75, 3.05) is 10.6 Å². The summed E-state index contributed by atoms with van der Waals surface area (Å²) in [6, 6.07) is 26.4. The number of benzene rings is 3. The number of nitrogens with zero attached hydrogens (tertiary/aromatic N) is 1. The van der Waals surface area contributed by atoms with E-state index in [0.29, 0.717) is 34.0 Å². The molecule has 1 heterocycles. The van der Waals surface area contributed by atoms with Crippen LogP contribution in [0.15, 0.2) is 103 Å². The molecule has 2 amide bonds. The maximum Gasteiger partial charge on any atom is 0.255 e. The number of anilines is 2. The fourth-order valence-electron chi connectivity index (χ4n) is 2.91. The molecule has 31 heavy (non-hydrogen) atoms. The van der Waals surface area contributed by atoms with Gasteiger partial charge in [-0.1, -0.05) is 30.3 Å². The number of carbonyl (C=O) groups excluding carboxylic acids is 2. The van der Waals surface area contributed by atoms with Crippen LogP contribution < -0.4 is 15.4 Å². The highest BCUT2D eigenvalue weighted by molar-refractivity contribution is 6.07. The van der Waals surface area contributed by atoms with Crippen molar-refractivity contribution in [3.63, 3.8) is 0 Å². The number of nitrogens with one attached hydrogen (secondary N) is 2. The number of amides is 2. The number of rotatable bonds is 6. The first-order chi connectivity index (χ1) is 15.2. The van der Waals surface area contributed by atoms with Crippen molar-refractivity contribution in [2.45, 2.75) is 0 Å². The molecule has 0 bridgehead atoms. The predicted molar refractivity (Wildman–Crippen MR) is 120 cm³/mol. The molecule has 0 unspecified atom stereocenters. The summed E-state index contributed by atoms with van der Waals surface area (Å²) in [7, 11) is 0. The number of hydrogen-bond acceptors (Lipinski definition) is 4. The van der Waals surface area contributed by atoms with Crippen molar-refractivity contribution >= 4 is 23.2 Å². The Kier molecular flexibility index (Phi) is 6.00. The van der Waals surface area contributed by atoms with Crippen LogP contribution in [0.2, 0.25) is 0 Å². The molecule has 4 aromatic rings. The van der Waals surface area contributed by atoms with Gasteiger partial charge in [-0.2, -0.15) is 0 Å². The molecule has 0 saturated heterocycles. The molecule has 6 nitrogen and oxygen atoms in total. The normalized spacial score (nSPS) is 10.2. The molecule has 0 aliphatic carbocycles. The van der Waals surface area contributed by atoms with Crippen LogP contribution in [0.1, 0.15) is 20.7 Å². The highest BCUT2D eigenvalue weighted by atomic mass is 16.5. The SMILES string of the molecule is O=C(Nc1ccncc1)c1cccc(NC(=O)c2cccc(Oc3ccccc3)c2)c1. The molecule has 0 spiro atoms. The van der Waals surface area contributed by atoms with Crippen molar-refractivity contribution in [1.29, 1.82) is 0 Å². The molecular formula is C25H19N3O3. The average Bonchev–Trinajstić information content (AvgIpc) is 2.81. The van der Waals surface area contributed by atoms with Crippen LogP contribution in [0, 0.1) is 0 Å². The summed E-state index contributed by atoms with van der Waals surface area (Å²) >= 11 is 0. The van der Waals surface area contributed by atoms with Gasteiger partial charge < -0.3 is 15.4 Å². The highest BCUT2D eigenvalue weighted by Gasteiger charge is 2.11. The van der Waals surface area contributed by atoms with Gasteiger partial charge >= 0.3 is 0 Å². The lowest BCUT2D eigenvalue weighted by molar-refractivity contribution is 0.101. The third-order valence-electron chi connectivity index (χ3n) is 4.40. The molecule has 0 saturated carbocycles. The summed E-state index contributed by atoms with van der Waals surface area (Å²) in [6.07, 6.45) is 3.20. The quantitative estimate of drug-likeness (QED) is 0.448. The number of pyridine rings is 1. The molecule has 152 valence electrons. The van der Waals surface area contributed by atoms with E-state index in [0.717, 1.165) is 0 Å². The summed E-state index contributed by atoms with van der Waals surface area (Å²) in [6.45, 7) is 0. The Morgan fingerprint density at radius 3 is 1.97 bits per heavy atom. The zero-order valence-electron chi connectivity index (χ0n) is 16.5. The van der Waals surface area contributed by atoms with Gasteiger partial charge in [0.05, 0.1) is 0 Å². The average molecular weight is 409 g/mol. The number of carbonyl (C=O) groups is 2. The lowest BCUT2D eigenvalue weighted by Gasteiger charge is -2.10. The third kappa shape index (κ3) is 5.33. The Morgan fingerprint density at radius 2 is 1.23 bits per heavy atom. The first-order valence-electron chi connectivity index (χ1n) is 9.63. The minimum Gasteiger partial charge on any atom is -0.457 e. The number of ether oxygens (including phenoxy) is 1. The van der Waals surface area contributed by atoms with Gasteiger partial charge in [-0.3, -0.25) is 14.6 Å². The second-order valence-corrected chi connectivity index (χ2v) is 6.67. The van der Waals surface area contributed by atoms with Gasteiger partial charge in [-0.15, -0.1) is 0 Å². The van der Waals surface area contributed by atoms with Crippen LogP contribution in [-0.2, 0) is 0 Å². The van der Waals surface area contributed by atoms with Crippen LogP contribution in [0.3, 0.4) is 0 Å². The van der Waals surface area contributed by atoms with Crippen LogP contribution >= 0.6 is 0 Å². The summed E-state index contributed by atoms with van der Waals surface area (Å²) < 4.78 is 5.79. The molecule has 3 aromatic carbocycles. The summed E-state index contributed by atoms with van der Waals surface area (Å²) in [5.74, 6) is 0.669. The second kappa shape index (κ2) is 9.37. The molecule has 4 rings (SSSR count). The van der Waals surface area contributed by atoms with Crippen LogP contribution in [-0.4, -0.2) is 16.8 Å². The summed E-state index contributed by atoms with van der Waals surface area (Å²) in [4.78, 5) is 29.1. The molecule has 0 atom stereocenters. The fourth-order valence-corrected chi connectivity index (χ4v) is 2.91. The van der Waals surface area contributed by atoms with Crippen LogP contribution in [0.25, 0.3) is 0 Å². The lowest BCUT2D eigenvalue weighted by Crippen LogP contribution is -2.14. The Hall–Kier alpha value is -4.45. The van der Waals surface area contributed by atoms with E-state index in [1.165, 1.54) is 0 Å². The van der Waals surface area contributed by atoms with Gasteiger partial charge in [0.1, 0.15) is 11.5 Å². The van der Waals surface area contributed by atoms with E-state index in [1.807, 2.05) is 30.3 Å². The fraction of sp³-hybridized carbons (Fsp3) is 0. The van der Waals surface area contributed by atoms with Gasteiger partial charge in [0.15, 0.2) is 0 Å². The molecule has 0 aliphatic heterocycles. The van der Waals surface area contributed by atoms with E-state index in [-0.39, 0.29) is 11.8 Å². The van der Waals surface area contributed by atoms with Gasteiger partial charge in [-0.05, 0) is 60.7 Å². The van der Waals surface area contributed by atoms with Crippen molar-refractivity contribution in [3.8, 4) is 11.5 Å². The molecule has 0 radical (unpaired) electrons. The van der Waals surface area contributed by atoms with Crippen molar-refractivity contribution in [3.05, 3.63) is 115 Å². The van der Waals surface area contributed by atoms with Gasteiger partial charge in [0.2, 0.25) is 0 Å². The summed E-state index contributed by atoms with van der Waals surface area (Å²) in [5, 5.41) is 5.62. The Bertz CT molecular complexity index is 1190. The van der Waals surface area contributed by atoms with Gasteiger partial charge in [0.25, 0.3) is 11.8 Å². The highest BCUT2D eigenvalue weighted by Crippen LogP contribution is 2.22. The standard InChI is InChI=1S/C25H19N3O3/c29-24(27-20-12-14-26-15-13-20)18-6-4-8-21(16-18)28-25(30)19-7-5-11-23(17-19)31-22-9-2-1-3-10-22/h1-17H,(H,28,30)(H,26,27,29). The molecule has 2 N–H and O–H groups in total. The molecule has 6 heteroatoms. The van der Waals surface area contributed by atoms with E-state index in [9.17, 15) is 9.59 Å². The van der Waals surface area contributed by atoms with Gasteiger partial charge in [0, 0.05) is 34.9 Å². The predicted octanol–water partition coefficient (Wildman–Crippen LogP) is 5.38. The first-order valence-corrected chi connectivity index (χ1v) is 9.63. The topological polar surface area (TPSA) is 80.3 Å². The summed E-state index contributed by atoms with van der Waals surface area (Å²) in [5.41, 5.74) is 2.03. The third-order valence-corrected chi connectivity index (χ3v) is 4.40. The van der Waals surface area contributed by atoms with Gasteiger partial charge in [-0.25, -0.2) is 0 Å². The van der Waals surface area contributed by atoms with E-state index in [2.05, 4.69) is 15.6 Å². The van der Waals surface area contributed by atoms with Crippen molar-refractivity contribution in [2.24, 2.45) is 0 Å². The minimum atomic E-state index is -0.301. The first kappa shape index (κ1) is 19.8. The van der Waals surface area contributed by atoms with Crippen LogP contribution in [0.5, 0.6) is 11.5 Å². The zero-order chi connectivity index (χ0) is 21.5. The minimum absolute atomic E-state index is 0.277. The molecule has 0 aliphatic rings. The Labute approximate surface area is 179 Å². The second-order valence-electron chi connectivity index (χ2n) is 6.67. The number of para-hydroxylation sites is 1. The van der Waals surface area contributed by atoms with E-state index in [1.54, 1.807) is 73.1 Å². The smallest absolute Gasteiger partial charge is 0.255 e.